The third-order valence-electron chi connectivity index (χ3n) is 5.03. The Balaban J connectivity index is 2.10. The first-order valence-corrected chi connectivity index (χ1v) is 8.58. The van der Waals surface area contributed by atoms with E-state index in [-0.39, 0.29) is 0 Å². The number of benzene rings is 1. The summed E-state index contributed by atoms with van der Waals surface area (Å²) in [6.07, 6.45) is 2.48. The average molecular weight is 288 g/mol. The van der Waals surface area contributed by atoms with Gasteiger partial charge in [-0.1, -0.05) is 56.5 Å². The summed E-state index contributed by atoms with van der Waals surface area (Å²) in [5.74, 6) is 0.754. The van der Waals surface area contributed by atoms with Gasteiger partial charge in [-0.3, -0.25) is 4.90 Å². The highest BCUT2D eigenvalue weighted by Crippen LogP contribution is 2.20. The molecule has 2 nitrogen and oxygen atoms in total. The van der Waals surface area contributed by atoms with Gasteiger partial charge in [0.1, 0.15) is 0 Å². The van der Waals surface area contributed by atoms with Crippen molar-refractivity contribution in [3.05, 3.63) is 34.9 Å². The molecular weight excluding hydrogens is 256 g/mol. The summed E-state index contributed by atoms with van der Waals surface area (Å²) in [6.45, 7) is 14.8. The van der Waals surface area contributed by atoms with E-state index >= 15 is 0 Å². The van der Waals surface area contributed by atoms with Crippen LogP contribution in [-0.4, -0.2) is 30.1 Å². The zero-order valence-corrected chi connectivity index (χ0v) is 14.4. The van der Waals surface area contributed by atoms with Gasteiger partial charge in [0.05, 0.1) is 0 Å². The zero-order chi connectivity index (χ0) is 15.4. The Morgan fingerprint density at radius 3 is 2.43 bits per heavy atom. The molecule has 1 aromatic carbocycles. The molecule has 1 N–H and O–H groups in total. The van der Waals surface area contributed by atoms with E-state index in [1.807, 2.05) is 0 Å². The third kappa shape index (κ3) is 4.31. The summed E-state index contributed by atoms with van der Waals surface area (Å²) >= 11 is 0. The minimum absolute atomic E-state index is 0.642. The van der Waals surface area contributed by atoms with E-state index in [1.54, 1.807) is 0 Å². The number of hydrogen-bond donors (Lipinski definition) is 1. The second kappa shape index (κ2) is 7.42. The van der Waals surface area contributed by atoms with Crippen LogP contribution in [0.2, 0.25) is 0 Å². The highest BCUT2D eigenvalue weighted by Gasteiger charge is 2.29. The normalized spacial score (nSPS) is 25.0. The molecule has 1 saturated heterocycles. The van der Waals surface area contributed by atoms with Crippen LogP contribution in [0.15, 0.2) is 18.2 Å². The number of nitrogens with zero attached hydrogens (tertiary/aromatic N) is 1. The largest absolute Gasteiger partial charge is 0.311 e. The van der Waals surface area contributed by atoms with Crippen LogP contribution in [0.3, 0.4) is 0 Å². The molecule has 1 aromatic rings. The van der Waals surface area contributed by atoms with E-state index < -0.39 is 0 Å². The molecular formula is C19H32N2. The third-order valence-corrected chi connectivity index (χ3v) is 5.03. The molecule has 21 heavy (non-hydrogen) atoms. The lowest BCUT2D eigenvalue weighted by Gasteiger charge is -2.42. The SMILES string of the molecule is CCC(C)C1CN(Cc2cc(C)cc(C)c2)C(CC)CN1. The fourth-order valence-corrected chi connectivity index (χ4v) is 3.54. The summed E-state index contributed by atoms with van der Waals surface area (Å²) in [5, 5.41) is 3.77. The molecule has 0 spiro atoms. The number of piperazine rings is 1. The van der Waals surface area contributed by atoms with E-state index in [2.05, 4.69) is 63.0 Å². The van der Waals surface area contributed by atoms with Gasteiger partial charge in [0.15, 0.2) is 0 Å². The highest BCUT2D eigenvalue weighted by molar-refractivity contribution is 5.28. The topological polar surface area (TPSA) is 15.3 Å². The first-order valence-electron chi connectivity index (χ1n) is 8.58. The van der Waals surface area contributed by atoms with Crippen LogP contribution in [0.4, 0.5) is 0 Å². The molecule has 0 aliphatic carbocycles. The Bertz CT molecular complexity index is 435. The van der Waals surface area contributed by atoms with E-state index in [9.17, 15) is 0 Å². The van der Waals surface area contributed by atoms with Gasteiger partial charge in [-0.25, -0.2) is 0 Å². The van der Waals surface area contributed by atoms with Crippen LogP contribution in [-0.2, 0) is 6.54 Å². The Hall–Kier alpha value is -0.860. The smallest absolute Gasteiger partial charge is 0.0238 e. The molecule has 0 radical (unpaired) electrons. The van der Waals surface area contributed by atoms with E-state index in [0.717, 1.165) is 19.0 Å². The monoisotopic (exact) mass is 288 g/mol. The Labute approximate surface area is 130 Å². The molecule has 2 heteroatoms. The standard InChI is InChI=1S/C19H32N2/c1-6-16(5)19-13-21(18(7-2)11-20-19)12-17-9-14(3)8-15(4)10-17/h8-10,16,18-20H,6-7,11-13H2,1-5H3. The van der Waals surface area contributed by atoms with E-state index in [4.69, 9.17) is 0 Å². The van der Waals surface area contributed by atoms with Crippen molar-refractivity contribution in [1.82, 2.24) is 10.2 Å². The van der Waals surface area contributed by atoms with Crippen LogP contribution in [0.1, 0.15) is 50.3 Å². The molecule has 118 valence electrons. The first-order chi connectivity index (χ1) is 10.0. The van der Waals surface area contributed by atoms with Crippen molar-refractivity contribution in [3.8, 4) is 0 Å². The fourth-order valence-electron chi connectivity index (χ4n) is 3.54. The van der Waals surface area contributed by atoms with Crippen LogP contribution in [0, 0.1) is 19.8 Å². The van der Waals surface area contributed by atoms with Crippen LogP contribution in [0.5, 0.6) is 0 Å². The molecule has 0 aromatic heterocycles. The number of aryl methyl sites for hydroxylation is 2. The predicted octanol–water partition coefficient (Wildman–Crippen LogP) is 3.90. The highest BCUT2D eigenvalue weighted by atomic mass is 15.2. The van der Waals surface area contributed by atoms with Crippen molar-refractivity contribution in [2.45, 2.75) is 66.1 Å². The van der Waals surface area contributed by atoms with Crippen molar-refractivity contribution in [2.24, 2.45) is 5.92 Å². The van der Waals surface area contributed by atoms with Crippen molar-refractivity contribution >= 4 is 0 Å². The molecule has 0 saturated carbocycles. The van der Waals surface area contributed by atoms with Gasteiger partial charge in [0.25, 0.3) is 0 Å². The van der Waals surface area contributed by atoms with Gasteiger partial charge in [-0.15, -0.1) is 0 Å². The molecule has 3 unspecified atom stereocenters. The molecule has 1 heterocycles. The molecule has 0 bridgehead atoms. The Morgan fingerprint density at radius 1 is 1.19 bits per heavy atom. The van der Waals surface area contributed by atoms with Gasteiger partial charge in [-0.2, -0.15) is 0 Å². The lowest BCUT2D eigenvalue weighted by atomic mass is 9.94. The number of rotatable bonds is 5. The van der Waals surface area contributed by atoms with Gasteiger partial charge >= 0.3 is 0 Å². The van der Waals surface area contributed by atoms with Crippen LogP contribution in [0.25, 0.3) is 0 Å². The predicted molar refractivity (Wildman–Crippen MR) is 91.7 cm³/mol. The minimum Gasteiger partial charge on any atom is -0.311 e. The summed E-state index contributed by atoms with van der Waals surface area (Å²) in [6, 6.07) is 8.27. The molecule has 1 fully saturated rings. The molecule has 2 rings (SSSR count). The second-order valence-corrected chi connectivity index (χ2v) is 6.89. The quantitative estimate of drug-likeness (QED) is 0.884. The molecule has 1 aliphatic rings. The van der Waals surface area contributed by atoms with Crippen molar-refractivity contribution < 1.29 is 0 Å². The molecule has 1 aliphatic heterocycles. The summed E-state index contributed by atoms with van der Waals surface area (Å²) < 4.78 is 0. The Kier molecular flexibility index (Phi) is 5.83. The summed E-state index contributed by atoms with van der Waals surface area (Å²) in [5.41, 5.74) is 4.23. The van der Waals surface area contributed by atoms with Crippen molar-refractivity contribution in [1.29, 1.82) is 0 Å². The van der Waals surface area contributed by atoms with Gasteiger partial charge in [-0.05, 0) is 31.7 Å². The maximum Gasteiger partial charge on any atom is 0.0238 e. The zero-order valence-electron chi connectivity index (χ0n) is 14.4. The van der Waals surface area contributed by atoms with Gasteiger partial charge in [0.2, 0.25) is 0 Å². The van der Waals surface area contributed by atoms with Gasteiger partial charge in [0, 0.05) is 31.7 Å². The number of nitrogens with one attached hydrogen (secondary N) is 1. The maximum absolute atomic E-state index is 3.77. The molecule has 3 atom stereocenters. The van der Waals surface area contributed by atoms with Gasteiger partial charge < -0.3 is 5.32 Å². The lowest BCUT2D eigenvalue weighted by Crippen LogP contribution is -2.57. The van der Waals surface area contributed by atoms with E-state index in [1.165, 1.54) is 36.1 Å². The summed E-state index contributed by atoms with van der Waals surface area (Å²) in [4.78, 5) is 2.70. The van der Waals surface area contributed by atoms with Crippen LogP contribution < -0.4 is 5.32 Å². The Morgan fingerprint density at radius 2 is 1.86 bits per heavy atom. The summed E-state index contributed by atoms with van der Waals surface area (Å²) in [7, 11) is 0. The average Bonchev–Trinajstić information content (AvgIpc) is 2.45. The fraction of sp³-hybridized carbons (Fsp3) is 0.684. The number of hydrogen-bond acceptors (Lipinski definition) is 2. The minimum atomic E-state index is 0.642. The molecule has 0 amide bonds. The maximum atomic E-state index is 3.77. The first kappa shape index (κ1) is 16.5. The van der Waals surface area contributed by atoms with Crippen LogP contribution >= 0.6 is 0 Å². The van der Waals surface area contributed by atoms with Crippen molar-refractivity contribution in [3.63, 3.8) is 0 Å². The van der Waals surface area contributed by atoms with Crippen molar-refractivity contribution in [2.75, 3.05) is 13.1 Å². The second-order valence-electron chi connectivity index (χ2n) is 6.89. The lowest BCUT2D eigenvalue weighted by molar-refractivity contribution is 0.0993. The van der Waals surface area contributed by atoms with E-state index in [0.29, 0.717) is 12.1 Å².